The fourth-order valence-corrected chi connectivity index (χ4v) is 4.93. The number of aliphatic carboxylic acids is 1. The Morgan fingerprint density at radius 3 is 2.62 bits per heavy atom. The van der Waals surface area contributed by atoms with E-state index in [-0.39, 0.29) is 6.04 Å². The zero-order chi connectivity index (χ0) is 9.31. The fraction of sp³-hybridized carbons (Fsp3) is 0.875. The van der Waals surface area contributed by atoms with Gasteiger partial charge in [0.25, 0.3) is 0 Å². The summed E-state index contributed by atoms with van der Waals surface area (Å²) in [6, 6.07) is -0.313. The SMILES string of the molecule is O=C(O)C1CCC2(CN1)SCCS2. The molecule has 0 aromatic rings. The number of carbonyl (C=O) groups is 1. The molecule has 2 saturated heterocycles. The van der Waals surface area contributed by atoms with Crippen molar-refractivity contribution in [1.82, 2.24) is 5.32 Å². The normalized spacial score (nSPS) is 32.2. The van der Waals surface area contributed by atoms with Crippen LogP contribution in [0.1, 0.15) is 12.8 Å². The van der Waals surface area contributed by atoms with Crippen LogP contribution in [-0.4, -0.2) is 39.2 Å². The fourth-order valence-electron chi connectivity index (χ4n) is 1.79. The first-order valence-electron chi connectivity index (χ1n) is 4.46. The van der Waals surface area contributed by atoms with Crippen LogP contribution in [0, 0.1) is 0 Å². The summed E-state index contributed by atoms with van der Waals surface area (Å²) in [6.07, 6.45) is 1.81. The molecule has 2 N–H and O–H groups in total. The number of hydrogen-bond acceptors (Lipinski definition) is 4. The molecule has 0 saturated carbocycles. The van der Waals surface area contributed by atoms with Gasteiger partial charge in [0.05, 0.1) is 4.08 Å². The second-order valence-corrected chi connectivity index (χ2v) is 6.63. The molecule has 0 aromatic carbocycles. The molecule has 2 heterocycles. The van der Waals surface area contributed by atoms with Crippen LogP contribution in [0.15, 0.2) is 0 Å². The molecule has 2 aliphatic rings. The maximum atomic E-state index is 10.7. The molecule has 0 aromatic heterocycles. The van der Waals surface area contributed by atoms with E-state index in [9.17, 15) is 4.79 Å². The van der Waals surface area contributed by atoms with Gasteiger partial charge in [-0.1, -0.05) is 0 Å². The predicted octanol–water partition coefficient (Wildman–Crippen LogP) is 0.999. The van der Waals surface area contributed by atoms with Crippen molar-refractivity contribution in [2.45, 2.75) is 23.0 Å². The van der Waals surface area contributed by atoms with Crippen LogP contribution >= 0.6 is 23.5 Å². The van der Waals surface area contributed by atoms with Crippen molar-refractivity contribution in [2.75, 3.05) is 18.1 Å². The Bertz CT molecular complexity index is 206. The maximum absolute atomic E-state index is 10.7. The Labute approximate surface area is 86.0 Å². The molecule has 0 aliphatic carbocycles. The molecule has 1 unspecified atom stereocenters. The van der Waals surface area contributed by atoms with Gasteiger partial charge in [-0.25, -0.2) is 0 Å². The lowest BCUT2D eigenvalue weighted by molar-refractivity contribution is -0.140. The van der Waals surface area contributed by atoms with E-state index >= 15 is 0 Å². The van der Waals surface area contributed by atoms with Gasteiger partial charge >= 0.3 is 5.97 Å². The summed E-state index contributed by atoms with van der Waals surface area (Å²) in [5, 5.41) is 11.9. The number of carboxylic acid groups (broad SMARTS) is 1. The summed E-state index contributed by atoms with van der Waals surface area (Å²) < 4.78 is 0.298. The third-order valence-corrected chi connectivity index (χ3v) is 6.07. The van der Waals surface area contributed by atoms with Gasteiger partial charge in [0.1, 0.15) is 6.04 Å². The standard InChI is InChI=1S/C8H13NO2S2/c10-7(11)6-1-2-8(5-9-6)12-3-4-13-8/h6,9H,1-5H2,(H,10,11). The molecule has 2 fully saturated rings. The quantitative estimate of drug-likeness (QED) is 0.689. The highest BCUT2D eigenvalue weighted by Gasteiger charge is 2.40. The Balaban J connectivity index is 1.91. The second-order valence-electron chi connectivity index (χ2n) is 3.42. The van der Waals surface area contributed by atoms with E-state index in [1.165, 1.54) is 11.5 Å². The molecular formula is C8H13NO2S2. The third kappa shape index (κ3) is 1.97. The highest BCUT2D eigenvalue weighted by atomic mass is 32.2. The summed E-state index contributed by atoms with van der Waals surface area (Å²) in [7, 11) is 0. The van der Waals surface area contributed by atoms with Crippen molar-refractivity contribution in [1.29, 1.82) is 0 Å². The van der Waals surface area contributed by atoms with Gasteiger partial charge in [-0.15, -0.1) is 23.5 Å². The highest BCUT2D eigenvalue weighted by molar-refractivity contribution is 8.21. The molecule has 74 valence electrons. The molecule has 1 atom stereocenters. The zero-order valence-corrected chi connectivity index (χ0v) is 8.92. The second kappa shape index (κ2) is 3.71. The van der Waals surface area contributed by atoms with Crippen LogP contribution in [0.2, 0.25) is 0 Å². The molecule has 0 bridgehead atoms. The number of carboxylic acids is 1. The van der Waals surface area contributed by atoms with E-state index < -0.39 is 5.97 Å². The molecule has 0 amide bonds. The lowest BCUT2D eigenvalue weighted by Crippen LogP contribution is -2.49. The Kier molecular flexibility index (Phi) is 2.76. The molecule has 2 aliphatic heterocycles. The highest BCUT2D eigenvalue weighted by Crippen LogP contribution is 2.48. The van der Waals surface area contributed by atoms with Gasteiger partial charge in [-0.05, 0) is 12.8 Å². The number of piperidine rings is 1. The van der Waals surface area contributed by atoms with Crippen molar-refractivity contribution in [3.05, 3.63) is 0 Å². The van der Waals surface area contributed by atoms with Crippen LogP contribution in [0.4, 0.5) is 0 Å². The Morgan fingerprint density at radius 2 is 2.15 bits per heavy atom. The molecule has 3 nitrogen and oxygen atoms in total. The van der Waals surface area contributed by atoms with Gasteiger partial charge in [0.15, 0.2) is 0 Å². The van der Waals surface area contributed by atoms with Crippen molar-refractivity contribution in [3.8, 4) is 0 Å². The lowest BCUT2D eigenvalue weighted by atomic mass is 10.0. The van der Waals surface area contributed by atoms with Crippen LogP contribution in [0.25, 0.3) is 0 Å². The molecule has 2 rings (SSSR count). The summed E-state index contributed by atoms with van der Waals surface area (Å²) in [4.78, 5) is 10.7. The Hall–Kier alpha value is 0.130. The van der Waals surface area contributed by atoms with Gasteiger partial charge in [-0.2, -0.15) is 0 Å². The summed E-state index contributed by atoms with van der Waals surface area (Å²) in [6.45, 7) is 0.847. The first-order chi connectivity index (χ1) is 6.22. The smallest absolute Gasteiger partial charge is 0.320 e. The zero-order valence-electron chi connectivity index (χ0n) is 7.28. The minimum Gasteiger partial charge on any atom is -0.480 e. The summed E-state index contributed by atoms with van der Waals surface area (Å²) in [5.74, 6) is 1.72. The first kappa shape index (κ1) is 9.68. The van der Waals surface area contributed by atoms with Gasteiger partial charge in [0.2, 0.25) is 0 Å². The molecule has 5 heteroatoms. The average molecular weight is 219 g/mol. The number of nitrogens with one attached hydrogen (secondary N) is 1. The number of thioether (sulfide) groups is 2. The molecule has 1 spiro atoms. The average Bonchev–Trinajstić information content (AvgIpc) is 2.54. The van der Waals surface area contributed by atoms with Gasteiger partial charge in [-0.3, -0.25) is 4.79 Å². The van der Waals surface area contributed by atoms with E-state index in [1.807, 2.05) is 23.5 Å². The van der Waals surface area contributed by atoms with Crippen molar-refractivity contribution >= 4 is 29.5 Å². The largest absolute Gasteiger partial charge is 0.480 e. The van der Waals surface area contributed by atoms with Crippen LogP contribution < -0.4 is 5.32 Å². The minimum absolute atomic E-state index is 0.298. The number of rotatable bonds is 1. The predicted molar refractivity (Wildman–Crippen MR) is 56.3 cm³/mol. The summed E-state index contributed by atoms with van der Waals surface area (Å²) in [5.41, 5.74) is 0. The van der Waals surface area contributed by atoms with E-state index in [2.05, 4.69) is 5.32 Å². The monoisotopic (exact) mass is 219 g/mol. The minimum atomic E-state index is -0.706. The summed E-state index contributed by atoms with van der Waals surface area (Å²) >= 11 is 3.97. The van der Waals surface area contributed by atoms with Crippen LogP contribution in [0.5, 0.6) is 0 Å². The van der Waals surface area contributed by atoms with E-state index in [4.69, 9.17) is 5.11 Å². The third-order valence-electron chi connectivity index (χ3n) is 2.54. The van der Waals surface area contributed by atoms with Crippen molar-refractivity contribution in [3.63, 3.8) is 0 Å². The lowest BCUT2D eigenvalue weighted by Gasteiger charge is -2.34. The number of hydrogen-bond donors (Lipinski definition) is 2. The van der Waals surface area contributed by atoms with E-state index in [0.29, 0.717) is 4.08 Å². The first-order valence-corrected chi connectivity index (χ1v) is 6.43. The van der Waals surface area contributed by atoms with Crippen molar-refractivity contribution < 1.29 is 9.90 Å². The van der Waals surface area contributed by atoms with Gasteiger partial charge in [0, 0.05) is 18.1 Å². The van der Waals surface area contributed by atoms with E-state index in [1.54, 1.807) is 0 Å². The van der Waals surface area contributed by atoms with Gasteiger partial charge < -0.3 is 10.4 Å². The maximum Gasteiger partial charge on any atom is 0.320 e. The van der Waals surface area contributed by atoms with E-state index in [0.717, 1.165) is 19.4 Å². The van der Waals surface area contributed by atoms with Crippen molar-refractivity contribution in [2.24, 2.45) is 0 Å². The molecule has 13 heavy (non-hydrogen) atoms. The van der Waals surface area contributed by atoms with Crippen LogP contribution in [-0.2, 0) is 4.79 Å². The Morgan fingerprint density at radius 1 is 1.46 bits per heavy atom. The topological polar surface area (TPSA) is 49.3 Å². The van der Waals surface area contributed by atoms with Crippen LogP contribution in [0.3, 0.4) is 0 Å². The molecule has 0 radical (unpaired) electrons. The molecular weight excluding hydrogens is 206 g/mol.